The molecule has 7 nitrogen and oxygen atoms in total. The van der Waals surface area contributed by atoms with Crippen LogP contribution >= 0.6 is 0 Å². The molecule has 0 saturated carbocycles. The van der Waals surface area contributed by atoms with Crippen LogP contribution in [0.15, 0.2) is 24.3 Å². The lowest BCUT2D eigenvalue weighted by molar-refractivity contribution is -0.384. The zero-order valence-electron chi connectivity index (χ0n) is 10.8. The van der Waals surface area contributed by atoms with E-state index >= 15 is 0 Å². The molecule has 0 aliphatic heterocycles. The summed E-state index contributed by atoms with van der Waals surface area (Å²) in [6, 6.07) is 6.58. The Kier molecular flexibility index (Phi) is 3.86. The number of rotatable bonds is 5. The van der Waals surface area contributed by atoms with Gasteiger partial charge in [-0.15, -0.1) is 10.2 Å². The molecule has 1 aromatic heterocycles. The molecule has 2 rings (SSSR count). The number of benzene rings is 1. The molecule has 0 unspecified atom stereocenters. The number of nitro groups is 1. The smallest absolute Gasteiger partial charge is 0.269 e. The van der Waals surface area contributed by atoms with Crippen molar-refractivity contribution in [2.75, 3.05) is 0 Å². The summed E-state index contributed by atoms with van der Waals surface area (Å²) in [5.74, 6) is 1.69. The molecule has 2 aromatic rings. The van der Waals surface area contributed by atoms with Gasteiger partial charge in [0.25, 0.3) is 5.69 Å². The number of aryl methyl sites for hydroxylation is 1. The van der Waals surface area contributed by atoms with Crippen LogP contribution in [0.3, 0.4) is 0 Å². The first kappa shape index (κ1) is 13.2. The third-order valence-corrected chi connectivity index (χ3v) is 2.92. The monoisotopic (exact) mass is 261 g/mol. The molecule has 1 heterocycles. The van der Waals surface area contributed by atoms with Crippen molar-refractivity contribution in [2.45, 2.75) is 20.0 Å². The summed E-state index contributed by atoms with van der Waals surface area (Å²) in [4.78, 5) is 10.3. The third-order valence-electron chi connectivity index (χ3n) is 2.92. The molecular weight excluding hydrogens is 246 g/mol. The van der Waals surface area contributed by atoms with Crippen LogP contribution in [0.4, 0.5) is 5.69 Å². The topological polar surface area (TPSA) is 85.9 Å². The minimum atomic E-state index is -0.393. The van der Waals surface area contributed by atoms with Crippen molar-refractivity contribution in [2.24, 2.45) is 7.05 Å². The first-order valence-corrected chi connectivity index (χ1v) is 5.87. The lowest BCUT2D eigenvalue weighted by atomic mass is 10.2. The zero-order valence-corrected chi connectivity index (χ0v) is 10.8. The van der Waals surface area contributed by atoms with Crippen molar-refractivity contribution in [1.82, 2.24) is 20.1 Å². The number of hydrogen-bond donors (Lipinski definition) is 1. The van der Waals surface area contributed by atoms with E-state index in [9.17, 15) is 10.1 Å². The van der Waals surface area contributed by atoms with Crippen LogP contribution < -0.4 is 5.32 Å². The molecule has 0 bridgehead atoms. The van der Waals surface area contributed by atoms with Crippen molar-refractivity contribution in [3.8, 4) is 0 Å². The first-order chi connectivity index (χ1) is 9.08. The average Bonchev–Trinajstić information content (AvgIpc) is 2.71. The SMILES string of the molecule is Cc1nnc(CNCc2cccc([N+](=O)[O-])c2)n1C. The van der Waals surface area contributed by atoms with Crippen LogP contribution in [-0.4, -0.2) is 19.7 Å². The van der Waals surface area contributed by atoms with E-state index in [1.165, 1.54) is 6.07 Å². The number of non-ortho nitro benzene ring substituents is 1. The Bertz CT molecular complexity index is 594. The van der Waals surface area contributed by atoms with Crippen LogP contribution in [-0.2, 0) is 20.1 Å². The van der Waals surface area contributed by atoms with Crippen molar-refractivity contribution < 1.29 is 4.92 Å². The fourth-order valence-electron chi connectivity index (χ4n) is 1.70. The number of nitrogens with zero attached hydrogens (tertiary/aromatic N) is 4. The summed E-state index contributed by atoms with van der Waals surface area (Å²) in [6.45, 7) is 3.00. The Hall–Kier alpha value is -2.28. The molecule has 1 N–H and O–H groups in total. The maximum atomic E-state index is 10.7. The molecule has 0 amide bonds. The van der Waals surface area contributed by atoms with Gasteiger partial charge in [-0.2, -0.15) is 0 Å². The second kappa shape index (κ2) is 5.57. The van der Waals surface area contributed by atoms with Crippen LogP contribution in [0, 0.1) is 17.0 Å². The molecule has 0 aliphatic rings. The molecule has 19 heavy (non-hydrogen) atoms. The summed E-state index contributed by atoms with van der Waals surface area (Å²) in [5.41, 5.74) is 0.974. The standard InChI is InChI=1S/C12H15N5O2/c1-9-14-15-12(16(9)2)8-13-7-10-4-3-5-11(6-10)17(18)19/h3-6,13H,7-8H2,1-2H3. The highest BCUT2D eigenvalue weighted by Gasteiger charge is 2.07. The zero-order chi connectivity index (χ0) is 13.8. The minimum absolute atomic E-state index is 0.105. The molecule has 1 aromatic carbocycles. The molecule has 0 fully saturated rings. The number of nitro benzene ring substituents is 1. The molecule has 100 valence electrons. The Morgan fingerprint density at radius 2 is 2.16 bits per heavy atom. The van der Waals surface area contributed by atoms with Gasteiger partial charge in [0.15, 0.2) is 0 Å². The van der Waals surface area contributed by atoms with Gasteiger partial charge in [0.05, 0.1) is 11.5 Å². The maximum Gasteiger partial charge on any atom is 0.269 e. The maximum absolute atomic E-state index is 10.7. The first-order valence-electron chi connectivity index (χ1n) is 5.87. The van der Waals surface area contributed by atoms with Crippen LogP contribution in [0.5, 0.6) is 0 Å². The van der Waals surface area contributed by atoms with Gasteiger partial charge in [-0.3, -0.25) is 10.1 Å². The third kappa shape index (κ3) is 3.14. The van der Waals surface area contributed by atoms with Gasteiger partial charge in [-0.05, 0) is 12.5 Å². The normalized spacial score (nSPS) is 10.6. The Labute approximate surface area is 110 Å². The average molecular weight is 261 g/mol. The summed E-state index contributed by atoms with van der Waals surface area (Å²) in [5, 5.41) is 21.8. The Morgan fingerprint density at radius 1 is 1.37 bits per heavy atom. The molecule has 0 atom stereocenters. The van der Waals surface area contributed by atoms with Gasteiger partial charge < -0.3 is 9.88 Å². The van der Waals surface area contributed by atoms with Gasteiger partial charge in [0.1, 0.15) is 11.6 Å². The van der Waals surface area contributed by atoms with E-state index in [0.29, 0.717) is 13.1 Å². The van der Waals surface area contributed by atoms with E-state index in [1.54, 1.807) is 12.1 Å². The fraction of sp³-hybridized carbons (Fsp3) is 0.333. The van der Waals surface area contributed by atoms with Crippen LogP contribution in [0.1, 0.15) is 17.2 Å². The van der Waals surface area contributed by atoms with Crippen molar-refractivity contribution in [1.29, 1.82) is 0 Å². The lowest BCUT2D eigenvalue weighted by Crippen LogP contribution is -2.16. The summed E-state index contributed by atoms with van der Waals surface area (Å²) in [6.07, 6.45) is 0. The van der Waals surface area contributed by atoms with Gasteiger partial charge >= 0.3 is 0 Å². The fourth-order valence-corrected chi connectivity index (χ4v) is 1.70. The number of aromatic nitrogens is 3. The highest BCUT2D eigenvalue weighted by molar-refractivity contribution is 5.34. The predicted molar refractivity (Wildman–Crippen MR) is 69.4 cm³/mol. The summed E-state index contributed by atoms with van der Waals surface area (Å²) >= 11 is 0. The van der Waals surface area contributed by atoms with Crippen molar-refractivity contribution in [3.05, 3.63) is 51.6 Å². The van der Waals surface area contributed by atoms with E-state index < -0.39 is 4.92 Å². The van der Waals surface area contributed by atoms with Crippen LogP contribution in [0.2, 0.25) is 0 Å². The molecule has 0 aliphatic carbocycles. The molecule has 0 spiro atoms. The lowest BCUT2D eigenvalue weighted by Gasteiger charge is -2.05. The number of hydrogen-bond acceptors (Lipinski definition) is 5. The molecule has 7 heteroatoms. The van der Waals surface area contributed by atoms with E-state index in [2.05, 4.69) is 15.5 Å². The predicted octanol–water partition coefficient (Wildman–Crippen LogP) is 1.32. The van der Waals surface area contributed by atoms with E-state index in [4.69, 9.17) is 0 Å². The highest BCUT2D eigenvalue weighted by atomic mass is 16.6. The second-order valence-electron chi connectivity index (χ2n) is 4.25. The van der Waals surface area contributed by atoms with Gasteiger partial charge in [-0.1, -0.05) is 12.1 Å². The van der Waals surface area contributed by atoms with E-state index in [0.717, 1.165) is 17.2 Å². The number of nitrogens with one attached hydrogen (secondary N) is 1. The molecule has 0 radical (unpaired) electrons. The summed E-state index contributed by atoms with van der Waals surface area (Å²) in [7, 11) is 1.90. The van der Waals surface area contributed by atoms with Gasteiger partial charge in [0, 0.05) is 25.7 Å². The van der Waals surface area contributed by atoms with Gasteiger partial charge in [0.2, 0.25) is 0 Å². The van der Waals surface area contributed by atoms with E-state index in [1.807, 2.05) is 24.6 Å². The Balaban J connectivity index is 1.94. The Morgan fingerprint density at radius 3 is 2.79 bits per heavy atom. The van der Waals surface area contributed by atoms with Crippen molar-refractivity contribution >= 4 is 5.69 Å². The minimum Gasteiger partial charge on any atom is -0.317 e. The van der Waals surface area contributed by atoms with Crippen molar-refractivity contribution in [3.63, 3.8) is 0 Å². The highest BCUT2D eigenvalue weighted by Crippen LogP contribution is 2.12. The second-order valence-corrected chi connectivity index (χ2v) is 4.25. The van der Waals surface area contributed by atoms with Gasteiger partial charge in [-0.25, -0.2) is 0 Å². The largest absolute Gasteiger partial charge is 0.317 e. The molecular formula is C12H15N5O2. The quantitative estimate of drug-likeness (QED) is 0.648. The summed E-state index contributed by atoms with van der Waals surface area (Å²) < 4.78 is 1.90. The van der Waals surface area contributed by atoms with Crippen LogP contribution in [0.25, 0.3) is 0 Å². The van der Waals surface area contributed by atoms with E-state index in [-0.39, 0.29) is 5.69 Å². The molecule has 0 saturated heterocycles.